The molecule has 0 aliphatic carbocycles. The molecule has 2 aromatic rings. The van der Waals surface area contributed by atoms with E-state index in [2.05, 4.69) is 29.2 Å². The number of rotatable bonds is 4. The summed E-state index contributed by atoms with van der Waals surface area (Å²) in [5, 5.41) is 16.6. The number of aliphatic hydroxyl groups excluding tert-OH is 1. The molecule has 1 unspecified atom stereocenters. The topological polar surface area (TPSA) is 60.8 Å². The van der Waals surface area contributed by atoms with Gasteiger partial charge in [-0.15, -0.1) is 0 Å². The lowest BCUT2D eigenvalue weighted by Crippen LogP contribution is -2.41. The van der Waals surface area contributed by atoms with Crippen LogP contribution in [0.1, 0.15) is 24.8 Å². The summed E-state index contributed by atoms with van der Waals surface area (Å²) < 4.78 is 44.7. The Morgan fingerprint density at radius 3 is 2.00 bits per heavy atom. The Morgan fingerprint density at radius 1 is 1.00 bits per heavy atom. The number of likely N-dealkylation sites (tertiary alicyclic amines) is 1. The fraction of sp³-hybridized carbons (Fsp3) is 0.381. The number of aliphatic carboxylic acids is 1. The van der Waals surface area contributed by atoms with Crippen LogP contribution in [0.3, 0.4) is 0 Å². The molecule has 0 spiro atoms. The molecule has 2 N–H and O–H groups in total. The van der Waals surface area contributed by atoms with Gasteiger partial charge in [0, 0.05) is 12.6 Å². The average Bonchev–Trinajstić information content (AvgIpc) is 2.69. The molecule has 1 fully saturated rings. The molecular formula is C21H23F4NO3. The van der Waals surface area contributed by atoms with Crippen molar-refractivity contribution in [2.45, 2.75) is 38.0 Å². The molecule has 0 radical (unpaired) electrons. The molecule has 1 saturated heterocycles. The lowest BCUT2D eigenvalue weighted by atomic mass is 10.0. The van der Waals surface area contributed by atoms with E-state index < -0.39 is 12.1 Å². The number of hydrogen-bond acceptors (Lipinski definition) is 3. The maximum atomic E-state index is 13.0. The van der Waals surface area contributed by atoms with E-state index in [0.29, 0.717) is 6.04 Å². The van der Waals surface area contributed by atoms with Crippen molar-refractivity contribution in [1.29, 1.82) is 0 Å². The van der Waals surface area contributed by atoms with E-state index in [0.717, 1.165) is 30.6 Å². The summed E-state index contributed by atoms with van der Waals surface area (Å²) in [6.07, 6.45) is -1.57. The molecule has 158 valence electrons. The third-order valence-electron chi connectivity index (χ3n) is 4.72. The Balaban J connectivity index is 0.000000370. The molecule has 1 atom stereocenters. The molecule has 29 heavy (non-hydrogen) atoms. The van der Waals surface area contributed by atoms with Gasteiger partial charge in [-0.3, -0.25) is 4.90 Å². The van der Waals surface area contributed by atoms with Crippen LogP contribution in [-0.2, 0) is 11.3 Å². The minimum atomic E-state index is -5.08. The van der Waals surface area contributed by atoms with Gasteiger partial charge in [0.05, 0.1) is 6.61 Å². The summed E-state index contributed by atoms with van der Waals surface area (Å²) in [5.41, 5.74) is 3.38. The summed E-state index contributed by atoms with van der Waals surface area (Å²) in [7, 11) is 0. The summed E-state index contributed by atoms with van der Waals surface area (Å²) >= 11 is 0. The second-order valence-corrected chi connectivity index (χ2v) is 6.81. The normalized spacial score (nSPS) is 17.3. The molecular weight excluding hydrogens is 390 g/mol. The number of aliphatic hydroxyl groups is 1. The van der Waals surface area contributed by atoms with Gasteiger partial charge in [0.15, 0.2) is 0 Å². The highest BCUT2D eigenvalue weighted by atomic mass is 19.4. The Hall–Kier alpha value is -2.45. The second kappa shape index (κ2) is 10.4. The highest BCUT2D eigenvalue weighted by Gasteiger charge is 2.38. The van der Waals surface area contributed by atoms with Crippen LogP contribution >= 0.6 is 0 Å². The summed E-state index contributed by atoms with van der Waals surface area (Å²) in [5.74, 6) is -2.96. The van der Waals surface area contributed by atoms with Crippen LogP contribution in [0.2, 0.25) is 0 Å². The number of benzene rings is 2. The molecule has 0 aromatic heterocycles. The lowest BCUT2D eigenvalue weighted by Gasteiger charge is -2.34. The number of nitrogens with zero attached hydrogens (tertiary/aromatic N) is 1. The van der Waals surface area contributed by atoms with E-state index in [1.807, 2.05) is 0 Å². The van der Waals surface area contributed by atoms with Crippen LogP contribution in [0.4, 0.5) is 17.6 Å². The van der Waals surface area contributed by atoms with Gasteiger partial charge in [0.25, 0.3) is 0 Å². The zero-order valence-corrected chi connectivity index (χ0v) is 15.7. The highest BCUT2D eigenvalue weighted by molar-refractivity contribution is 5.73. The standard InChI is InChI=1S/C19H22FNO.C2HF3O2/c20-18-10-8-17(9-11-18)16-6-4-15(5-7-16)13-21-12-2-1-3-19(21)14-22;3-2(4,5)1(6)7/h4-11,19,22H,1-3,12-14H2;(H,6,7). The zero-order chi connectivity index (χ0) is 21.4. The average molecular weight is 413 g/mol. The molecule has 0 saturated carbocycles. The SMILES string of the molecule is O=C(O)C(F)(F)F.OCC1CCCCN1Cc1ccc(-c2ccc(F)cc2)cc1. The Bertz CT molecular complexity index is 776. The van der Waals surface area contributed by atoms with E-state index in [1.165, 1.54) is 30.5 Å². The minimum Gasteiger partial charge on any atom is -0.475 e. The fourth-order valence-corrected chi connectivity index (χ4v) is 3.15. The quantitative estimate of drug-likeness (QED) is 0.726. The van der Waals surface area contributed by atoms with Crippen molar-refractivity contribution in [3.8, 4) is 11.1 Å². The molecule has 2 aromatic carbocycles. The van der Waals surface area contributed by atoms with Crippen molar-refractivity contribution >= 4 is 5.97 Å². The van der Waals surface area contributed by atoms with Crippen molar-refractivity contribution < 1.29 is 32.6 Å². The first kappa shape index (κ1) is 22.8. The largest absolute Gasteiger partial charge is 0.490 e. The number of carboxylic acid groups (broad SMARTS) is 1. The second-order valence-electron chi connectivity index (χ2n) is 6.81. The first-order valence-corrected chi connectivity index (χ1v) is 9.20. The number of piperidine rings is 1. The number of carboxylic acids is 1. The number of halogens is 4. The molecule has 1 aliphatic heterocycles. The van der Waals surface area contributed by atoms with E-state index in [4.69, 9.17) is 9.90 Å². The van der Waals surface area contributed by atoms with E-state index >= 15 is 0 Å². The third kappa shape index (κ3) is 7.14. The van der Waals surface area contributed by atoms with Gasteiger partial charge < -0.3 is 10.2 Å². The lowest BCUT2D eigenvalue weighted by molar-refractivity contribution is -0.192. The van der Waals surface area contributed by atoms with Crippen LogP contribution < -0.4 is 0 Å². The summed E-state index contributed by atoms with van der Waals surface area (Å²) in [4.78, 5) is 11.3. The zero-order valence-electron chi connectivity index (χ0n) is 15.7. The molecule has 0 amide bonds. The maximum Gasteiger partial charge on any atom is 0.490 e. The number of hydrogen-bond donors (Lipinski definition) is 2. The monoisotopic (exact) mass is 413 g/mol. The van der Waals surface area contributed by atoms with Crippen LogP contribution in [0, 0.1) is 5.82 Å². The van der Waals surface area contributed by atoms with Crippen molar-refractivity contribution in [2.24, 2.45) is 0 Å². The van der Waals surface area contributed by atoms with Crippen molar-refractivity contribution in [3.63, 3.8) is 0 Å². The maximum absolute atomic E-state index is 13.0. The van der Waals surface area contributed by atoms with E-state index in [-0.39, 0.29) is 12.4 Å². The highest BCUT2D eigenvalue weighted by Crippen LogP contribution is 2.23. The van der Waals surface area contributed by atoms with E-state index in [1.54, 1.807) is 12.1 Å². The molecule has 8 heteroatoms. The van der Waals surface area contributed by atoms with Crippen molar-refractivity contribution in [1.82, 2.24) is 4.90 Å². The summed E-state index contributed by atoms with van der Waals surface area (Å²) in [6, 6.07) is 15.3. The third-order valence-corrected chi connectivity index (χ3v) is 4.72. The Morgan fingerprint density at radius 2 is 1.52 bits per heavy atom. The summed E-state index contributed by atoms with van der Waals surface area (Å²) in [6.45, 7) is 2.19. The molecule has 1 heterocycles. The predicted octanol–water partition coefficient (Wildman–Crippen LogP) is 4.47. The minimum absolute atomic E-state index is 0.208. The first-order chi connectivity index (χ1) is 13.7. The molecule has 3 rings (SSSR count). The Kier molecular flexibility index (Phi) is 8.16. The van der Waals surface area contributed by atoms with Crippen molar-refractivity contribution in [2.75, 3.05) is 13.2 Å². The van der Waals surface area contributed by atoms with Crippen LogP contribution in [0.5, 0.6) is 0 Å². The van der Waals surface area contributed by atoms with Gasteiger partial charge in [0.2, 0.25) is 0 Å². The van der Waals surface area contributed by atoms with Gasteiger partial charge in [-0.2, -0.15) is 13.2 Å². The van der Waals surface area contributed by atoms with Gasteiger partial charge in [-0.25, -0.2) is 9.18 Å². The first-order valence-electron chi connectivity index (χ1n) is 9.20. The van der Waals surface area contributed by atoms with Gasteiger partial charge >= 0.3 is 12.1 Å². The fourth-order valence-electron chi connectivity index (χ4n) is 3.15. The molecule has 1 aliphatic rings. The number of carbonyl (C=O) groups is 1. The molecule has 4 nitrogen and oxygen atoms in total. The van der Waals surface area contributed by atoms with E-state index in [9.17, 15) is 22.7 Å². The smallest absolute Gasteiger partial charge is 0.475 e. The predicted molar refractivity (Wildman–Crippen MR) is 101 cm³/mol. The molecule has 0 bridgehead atoms. The van der Waals surface area contributed by atoms with Gasteiger partial charge in [-0.05, 0) is 48.2 Å². The van der Waals surface area contributed by atoms with Gasteiger partial charge in [-0.1, -0.05) is 42.8 Å². The van der Waals surface area contributed by atoms with Gasteiger partial charge in [0.1, 0.15) is 5.82 Å². The van der Waals surface area contributed by atoms with Crippen LogP contribution in [0.25, 0.3) is 11.1 Å². The van der Waals surface area contributed by atoms with Crippen molar-refractivity contribution in [3.05, 3.63) is 59.9 Å². The van der Waals surface area contributed by atoms with Crippen LogP contribution in [0.15, 0.2) is 48.5 Å². The Labute approximate surface area is 166 Å². The van der Waals surface area contributed by atoms with Crippen LogP contribution in [-0.4, -0.2) is 46.5 Å². The number of alkyl halides is 3.